The van der Waals surface area contributed by atoms with Gasteiger partial charge in [0.15, 0.2) is 0 Å². The normalized spacial score (nSPS) is 14.9. The van der Waals surface area contributed by atoms with Crippen molar-refractivity contribution in [3.05, 3.63) is 101 Å². The molecular weight excluding hydrogens is 476 g/mol. The molecule has 0 fully saturated rings. The Kier molecular flexibility index (Phi) is 7.47. The number of carbonyl (C=O) groups excluding carboxylic acids is 2. The van der Waals surface area contributed by atoms with Gasteiger partial charge in [0.2, 0.25) is 0 Å². The van der Waals surface area contributed by atoms with Crippen LogP contribution in [0.1, 0.15) is 50.9 Å². The molecule has 1 amide bonds. The summed E-state index contributed by atoms with van der Waals surface area (Å²) in [6.07, 6.45) is 8.31. The third-order valence-corrected chi connectivity index (χ3v) is 7.37. The van der Waals surface area contributed by atoms with Gasteiger partial charge in [-0.25, -0.2) is 4.79 Å². The van der Waals surface area contributed by atoms with Gasteiger partial charge in [-0.2, -0.15) is 0 Å². The molecule has 1 unspecified atom stereocenters. The summed E-state index contributed by atoms with van der Waals surface area (Å²) in [4.78, 5) is 34.8. The first-order valence-corrected chi connectivity index (χ1v) is 13.0. The van der Waals surface area contributed by atoms with Gasteiger partial charge in [-0.15, -0.1) is 0 Å². The fraction of sp³-hybridized carbons (Fsp3) is 0.290. The second kappa shape index (κ2) is 11.1. The molecule has 7 heteroatoms. The number of rotatable bonds is 9. The quantitative estimate of drug-likeness (QED) is 0.242. The van der Waals surface area contributed by atoms with Gasteiger partial charge in [-0.1, -0.05) is 36.4 Å². The highest BCUT2D eigenvalue weighted by atomic mass is 16.5. The summed E-state index contributed by atoms with van der Waals surface area (Å²) in [6, 6.07) is 19.0. The molecule has 0 spiro atoms. The molecule has 7 nitrogen and oxygen atoms in total. The monoisotopic (exact) mass is 510 g/mol. The first kappa shape index (κ1) is 25.5. The summed E-state index contributed by atoms with van der Waals surface area (Å²) in [5, 5.41) is 1.26. The molecule has 2 aromatic heterocycles. The standard InChI is InChI=1S/C31H34N4O3/c1-34(2)31(37)28-13-11-24(33-28)20-35(17-16-23-19-32-27-7-5-4-6-25(23)27)29-14-10-22-18-21(8-12-26(22)29)9-15-30(36)38-3/h4-9,11-13,15,18-19,29,32-33H,10,14,16-17,20H2,1-3H3/b15-9+. The van der Waals surface area contributed by atoms with E-state index in [1.54, 1.807) is 25.1 Å². The van der Waals surface area contributed by atoms with E-state index >= 15 is 0 Å². The number of hydrogen-bond acceptors (Lipinski definition) is 4. The molecule has 0 aliphatic heterocycles. The molecule has 1 atom stereocenters. The molecular formula is C31H34N4O3. The number of nitrogens with one attached hydrogen (secondary N) is 2. The number of hydrogen-bond donors (Lipinski definition) is 2. The number of aryl methyl sites for hydroxylation is 1. The highest BCUT2D eigenvalue weighted by Crippen LogP contribution is 2.37. The van der Waals surface area contributed by atoms with Crippen molar-refractivity contribution in [1.29, 1.82) is 0 Å². The van der Waals surface area contributed by atoms with Crippen LogP contribution in [-0.4, -0.2) is 59.4 Å². The molecule has 2 heterocycles. The van der Waals surface area contributed by atoms with E-state index in [9.17, 15) is 9.59 Å². The van der Waals surface area contributed by atoms with E-state index in [-0.39, 0.29) is 17.9 Å². The fourth-order valence-electron chi connectivity index (χ4n) is 5.39. The SMILES string of the molecule is COC(=O)/C=C/c1ccc2c(c1)CCC2N(CCc1c[nH]c2ccccc12)Cc1ccc(C(=O)N(C)C)[nH]1. The summed E-state index contributed by atoms with van der Waals surface area (Å²) < 4.78 is 4.72. The third-order valence-electron chi connectivity index (χ3n) is 7.37. The molecule has 1 aliphatic rings. The van der Waals surface area contributed by atoms with Gasteiger partial charge in [0.1, 0.15) is 5.69 Å². The van der Waals surface area contributed by atoms with Crippen molar-refractivity contribution in [3.8, 4) is 0 Å². The lowest BCUT2D eigenvalue weighted by atomic mass is 10.0. The van der Waals surface area contributed by atoms with Gasteiger partial charge >= 0.3 is 5.97 Å². The minimum absolute atomic E-state index is 0.0275. The first-order chi connectivity index (χ1) is 18.4. The largest absolute Gasteiger partial charge is 0.466 e. The summed E-state index contributed by atoms with van der Waals surface area (Å²) in [7, 11) is 4.91. The van der Waals surface area contributed by atoms with Crippen LogP contribution >= 0.6 is 0 Å². The van der Waals surface area contributed by atoms with Gasteiger partial charge in [0.05, 0.1) is 7.11 Å². The maximum atomic E-state index is 12.5. The maximum absolute atomic E-state index is 12.5. The predicted molar refractivity (Wildman–Crippen MR) is 150 cm³/mol. The predicted octanol–water partition coefficient (Wildman–Crippen LogP) is 5.12. The summed E-state index contributed by atoms with van der Waals surface area (Å²) in [5.74, 6) is -0.384. The Morgan fingerprint density at radius 2 is 1.95 bits per heavy atom. The number of benzene rings is 2. The number of ether oxygens (including phenoxy) is 1. The molecule has 2 N–H and O–H groups in total. The molecule has 1 aliphatic carbocycles. The average Bonchev–Trinajstić information content (AvgIpc) is 3.67. The minimum atomic E-state index is -0.357. The van der Waals surface area contributed by atoms with Crippen LogP contribution in [0.5, 0.6) is 0 Å². The molecule has 4 aromatic rings. The van der Waals surface area contributed by atoms with E-state index in [0.717, 1.165) is 49.1 Å². The number of nitrogens with zero attached hydrogens (tertiary/aromatic N) is 2. The van der Waals surface area contributed by atoms with Crippen LogP contribution in [0.4, 0.5) is 0 Å². The number of amides is 1. The van der Waals surface area contributed by atoms with E-state index in [1.165, 1.54) is 35.3 Å². The van der Waals surface area contributed by atoms with Crippen molar-refractivity contribution in [3.63, 3.8) is 0 Å². The molecule has 196 valence electrons. The molecule has 0 saturated heterocycles. The third kappa shape index (κ3) is 5.43. The highest BCUT2D eigenvalue weighted by molar-refractivity contribution is 5.92. The first-order valence-electron chi connectivity index (χ1n) is 13.0. The van der Waals surface area contributed by atoms with Crippen molar-refractivity contribution in [2.24, 2.45) is 0 Å². The van der Waals surface area contributed by atoms with Gasteiger partial charge in [-0.05, 0) is 65.8 Å². The van der Waals surface area contributed by atoms with Crippen molar-refractivity contribution in [1.82, 2.24) is 19.8 Å². The lowest BCUT2D eigenvalue weighted by Crippen LogP contribution is -2.29. The van der Waals surface area contributed by atoms with Crippen LogP contribution in [0, 0.1) is 0 Å². The number of aromatic amines is 2. The van der Waals surface area contributed by atoms with Gasteiger partial charge < -0.3 is 19.6 Å². The lowest BCUT2D eigenvalue weighted by Gasteiger charge is -2.29. The molecule has 2 aromatic carbocycles. The number of esters is 1. The maximum Gasteiger partial charge on any atom is 0.330 e. The van der Waals surface area contributed by atoms with Crippen molar-refractivity contribution < 1.29 is 14.3 Å². The Hall–Kier alpha value is -4.10. The number of carbonyl (C=O) groups is 2. The summed E-state index contributed by atoms with van der Waals surface area (Å²) in [5.41, 5.74) is 7.74. The average molecular weight is 511 g/mol. The number of para-hydroxylation sites is 1. The summed E-state index contributed by atoms with van der Waals surface area (Å²) >= 11 is 0. The molecule has 5 rings (SSSR count). The lowest BCUT2D eigenvalue weighted by molar-refractivity contribution is -0.134. The Balaban J connectivity index is 1.40. The molecule has 38 heavy (non-hydrogen) atoms. The number of fused-ring (bicyclic) bond motifs is 2. The van der Waals surface area contributed by atoms with E-state index in [0.29, 0.717) is 5.69 Å². The van der Waals surface area contributed by atoms with E-state index < -0.39 is 0 Å². The number of methoxy groups -OCH3 is 1. The van der Waals surface area contributed by atoms with Crippen molar-refractivity contribution >= 4 is 28.9 Å². The van der Waals surface area contributed by atoms with Crippen LogP contribution in [0.2, 0.25) is 0 Å². The van der Waals surface area contributed by atoms with Crippen LogP contribution in [0.25, 0.3) is 17.0 Å². The second-order valence-electron chi connectivity index (χ2n) is 10.0. The van der Waals surface area contributed by atoms with E-state index in [4.69, 9.17) is 4.74 Å². The van der Waals surface area contributed by atoms with Crippen molar-refractivity contribution in [2.75, 3.05) is 27.7 Å². The topological polar surface area (TPSA) is 81.4 Å². The molecule has 0 radical (unpaired) electrons. The second-order valence-corrected chi connectivity index (χ2v) is 10.0. The zero-order valence-electron chi connectivity index (χ0n) is 22.2. The van der Waals surface area contributed by atoms with E-state index in [1.807, 2.05) is 12.1 Å². The summed E-state index contributed by atoms with van der Waals surface area (Å²) in [6.45, 7) is 1.60. The fourth-order valence-corrected chi connectivity index (χ4v) is 5.39. The molecule has 0 bridgehead atoms. The number of H-pyrrole nitrogens is 2. The number of aromatic nitrogens is 2. The zero-order chi connectivity index (χ0) is 26.6. The van der Waals surface area contributed by atoms with Gasteiger partial charge in [-0.3, -0.25) is 9.69 Å². The Labute approximate surface area is 223 Å². The Bertz CT molecular complexity index is 1480. The Morgan fingerprint density at radius 3 is 2.76 bits per heavy atom. The minimum Gasteiger partial charge on any atom is -0.466 e. The van der Waals surface area contributed by atoms with Crippen LogP contribution in [0.15, 0.2) is 66.9 Å². The van der Waals surface area contributed by atoms with Crippen LogP contribution < -0.4 is 0 Å². The Morgan fingerprint density at radius 1 is 1.11 bits per heavy atom. The van der Waals surface area contributed by atoms with Gasteiger partial charge in [0, 0.05) is 62.1 Å². The molecule has 0 saturated carbocycles. The van der Waals surface area contributed by atoms with Crippen LogP contribution in [0.3, 0.4) is 0 Å². The highest BCUT2D eigenvalue weighted by Gasteiger charge is 2.28. The van der Waals surface area contributed by atoms with Gasteiger partial charge in [0.25, 0.3) is 5.91 Å². The zero-order valence-corrected chi connectivity index (χ0v) is 22.2. The van der Waals surface area contributed by atoms with Crippen molar-refractivity contribution in [2.45, 2.75) is 31.8 Å². The smallest absolute Gasteiger partial charge is 0.330 e. The van der Waals surface area contributed by atoms with Crippen LogP contribution in [-0.2, 0) is 28.9 Å². The van der Waals surface area contributed by atoms with E-state index in [2.05, 4.69) is 63.5 Å².